The molecule has 0 radical (unpaired) electrons. The Morgan fingerprint density at radius 3 is 1.73 bits per heavy atom. The van der Waals surface area contributed by atoms with Gasteiger partial charge in [-0.2, -0.15) is 0 Å². The standard InChI is InChI=1S/C6H13O9P.C3H8O3/c7-1-3(8)5(10)6(11)4(9)2-15-16(12,13)14;4-1-3(6)2-5/h4-7,9-11H,1-2H2,(H2,12,13,14);3-6H,1-2H2. The van der Waals surface area contributed by atoms with Gasteiger partial charge in [0.05, 0.1) is 19.8 Å². The van der Waals surface area contributed by atoms with Crippen LogP contribution in [0.1, 0.15) is 0 Å². The highest BCUT2D eigenvalue weighted by atomic mass is 31.2. The van der Waals surface area contributed by atoms with Gasteiger partial charge in [-0.05, 0) is 0 Å². The molecule has 0 aromatic rings. The number of rotatable bonds is 9. The summed E-state index contributed by atoms with van der Waals surface area (Å²) in [6, 6.07) is 0. The van der Waals surface area contributed by atoms with Gasteiger partial charge in [0.2, 0.25) is 0 Å². The molecule has 0 aromatic heterocycles. The maximum Gasteiger partial charge on any atom is 0.469 e. The third kappa shape index (κ3) is 12.1. The topological polar surface area (TPSA) is 225 Å². The summed E-state index contributed by atoms with van der Waals surface area (Å²) in [4.78, 5) is 27.2. The number of aliphatic hydroxyl groups is 7. The molecule has 0 fully saturated rings. The van der Waals surface area contributed by atoms with E-state index in [1.165, 1.54) is 0 Å². The van der Waals surface area contributed by atoms with Crippen LogP contribution >= 0.6 is 7.82 Å². The maximum atomic E-state index is 10.7. The quantitative estimate of drug-likeness (QED) is 0.178. The van der Waals surface area contributed by atoms with Crippen molar-refractivity contribution in [2.75, 3.05) is 26.4 Å². The largest absolute Gasteiger partial charge is 0.469 e. The minimum absolute atomic E-state index is 0.365. The van der Waals surface area contributed by atoms with Crippen LogP contribution in [0.3, 0.4) is 0 Å². The Bertz CT molecular complexity index is 339. The molecule has 0 rings (SSSR count). The number of aliphatic hydroxyl groups excluding tert-OH is 7. The zero-order valence-corrected chi connectivity index (χ0v) is 12.2. The molecule has 0 amide bonds. The highest BCUT2D eigenvalue weighted by Gasteiger charge is 2.31. The maximum absolute atomic E-state index is 10.7. The van der Waals surface area contributed by atoms with Gasteiger partial charge in [-0.25, -0.2) is 4.57 Å². The summed E-state index contributed by atoms with van der Waals surface area (Å²) in [5.41, 5.74) is 0. The molecule has 3 unspecified atom stereocenters. The minimum atomic E-state index is -4.81. The number of carbonyl (C=O) groups is 1. The van der Waals surface area contributed by atoms with E-state index in [0.29, 0.717) is 0 Å². The summed E-state index contributed by atoms with van der Waals surface area (Å²) in [5.74, 6) is -1.14. The number of carbonyl (C=O) groups excluding carboxylic acids is 1. The van der Waals surface area contributed by atoms with E-state index in [2.05, 4.69) is 4.52 Å². The summed E-state index contributed by atoms with van der Waals surface area (Å²) in [7, 11) is -4.81. The molecule has 0 spiro atoms. The first-order valence-electron chi connectivity index (χ1n) is 5.77. The first kappa shape index (κ1) is 23.8. The molecule has 0 aliphatic carbocycles. The van der Waals surface area contributed by atoms with E-state index in [1.807, 2.05) is 0 Å². The molecule has 0 aliphatic rings. The molecule has 0 aromatic carbocycles. The van der Waals surface area contributed by atoms with Crippen LogP contribution in [0.25, 0.3) is 0 Å². The second kappa shape index (κ2) is 12.0. The second-order valence-corrected chi connectivity index (χ2v) is 5.17. The summed E-state index contributed by atoms with van der Waals surface area (Å²) in [6.45, 7) is -2.74. The van der Waals surface area contributed by atoms with Crippen LogP contribution in [0.5, 0.6) is 0 Å². The van der Waals surface area contributed by atoms with Gasteiger partial charge >= 0.3 is 7.82 Å². The molecule has 9 N–H and O–H groups in total. The molecule has 13 heteroatoms. The predicted molar refractivity (Wildman–Crippen MR) is 68.3 cm³/mol. The molecule has 22 heavy (non-hydrogen) atoms. The minimum Gasteiger partial charge on any atom is -0.394 e. The Morgan fingerprint density at radius 2 is 1.45 bits per heavy atom. The zero-order chi connectivity index (χ0) is 17.9. The van der Waals surface area contributed by atoms with Gasteiger partial charge in [-0.1, -0.05) is 0 Å². The Hall–Kier alpha value is -0.500. The molecule has 134 valence electrons. The normalized spacial score (nSPS) is 15.7. The SMILES string of the molecule is O=C(CO)C(O)C(O)C(O)COP(=O)(O)O.OCC(O)CO. The third-order valence-electron chi connectivity index (χ3n) is 2.04. The lowest BCUT2D eigenvalue weighted by molar-refractivity contribution is -0.142. The molecule has 12 nitrogen and oxygen atoms in total. The Morgan fingerprint density at radius 1 is 1.00 bits per heavy atom. The smallest absolute Gasteiger partial charge is 0.394 e. The molecule has 0 bridgehead atoms. The lowest BCUT2D eigenvalue weighted by atomic mass is 10.1. The summed E-state index contributed by atoms with van der Waals surface area (Å²) in [5, 5.41) is 59.6. The van der Waals surface area contributed by atoms with E-state index in [1.54, 1.807) is 0 Å². The van der Waals surface area contributed by atoms with Gasteiger partial charge in [-0.15, -0.1) is 0 Å². The number of phosphoric acid groups is 1. The first-order valence-corrected chi connectivity index (χ1v) is 7.30. The lowest BCUT2D eigenvalue weighted by Gasteiger charge is -2.21. The van der Waals surface area contributed by atoms with Gasteiger partial charge in [0.25, 0.3) is 0 Å². The van der Waals surface area contributed by atoms with Crippen molar-refractivity contribution in [3.63, 3.8) is 0 Å². The highest BCUT2D eigenvalue weighted by Crippen LogP contribution is 2.35. The van der Waals surface area contributed by atoms with E-state index < -0.39 is 51.2 Å². The van der Waals surface area contributed by atoms with Gasteiger partial charge in [0, 0.05) is 0 Å². The second-order valence-electron chi connectivity index (χ2n) is 3.93. The number of hydrogen-bond acceptors (Lipinski definition) is 10. The van der Waals surface area contributed by atoms with Crippen molar-refractivity contribution in [3.8, 4) is 0 Å². The summed E-state index contributed by atoms with van der Waals surface area (Å²) < 4.78 is 14.1. The molecular weight excluding hydrogens is 331 g/mol. The van der Waals surface area contributed by atoms with Gasteiger partial charge in [0.1, 0.15) is 31.0 Å². The van der Waals surface area contributed by atoms with Crippen LogP contribution in [0, 0.1) is 0 Å². The highest BCUT2D eigenvalue weighted by molar-refractivity contribution is 7.46. The van der Waals surface area contributed by atoms with Gasteiger partial charge in [0.15, 0.2) is 5.78 Å². The van der Waals surface area contributed by atoms with Crippen molar-refractivity contribution in [3.05, 3.63) is 0 Å². The van der Waals surface area contributed by atoms with Crippen LogP contribution in [0.15, 0.2) is 0 Å². The number of hydrogen-bond donors (Lipinski definition) is 9. The van der Waals surface area contributed by atoms with Gasteiger partial charge < -0.3 is 45.5 Å². The zero-order valence-electron chi connectivity index (χ0n) is 11.3. The number of phosphoric ester groups is 1. The van der Waals surface area contributed by atoms with Gasteiger partial charge in [-0.3, -0.25) is 9.32 Å². The summed E-state index contributed by atoms with van der Waals surface area (Å²) in [6.07, 6.45) is -6.89. The number of Topliss-reactive ketones (excluding diaryl/α,β-unsaturated/α-hetero) is 1. The van der Waals surface area contributed by atoms with Crippen molar-refractivity contribution < 1.29 is 59.4 Å². The molecule has 0 heterocycles. The fraction of sp³-hybridized carbons (Fsp3) is 0.889. The molecule has 0 saturated carbocycles. The number of ketones is 1. The Labute approximate surface area is 125 Å². The van der Waals surface area contributed by atoms with Crippen LogP contribution in [-0.4, -0.2) is 102 Å². The third-order valence-corrected chi connectivity index (χ3v) is 2.52. The Balaban J connectivity index is 0. The van der Waals surface area contributed by atoms with E-state index in [0.717, 1.165) is 0 Å². The molecule has 3 atom stereocenters. The Kier molecular flexibility index (Phi) is 12.9. The van der Waals surface area contributed by atoms with Crippen LogP contribution < -0.4 is 0 Å². The van der Waals surface area contributed by atoms with Crippen molar-refractivity contribution in [2.24, 2.45) is 0 Å². The van der Waals surface area contributed by atoms with Crippen LogP contribution in [-0.2, 0) is 13.9 Å². The van der Waals surface area contributed by atoms with Crippen molar-refractivity contribution in [2.45, 2.75) is 24.4 Å². The lowest BCUT2D eigenvalue weighted by Crippen LogP contribution is -2.45. The van der Waals surface area contributed by atoms with Crippen LogP contribution in [0.4, 0.5) is 0 Å². The monoisotopic (exact) mass is 352 g/mol. The summed E-state index contributed by atoms with van der Waals surface area (Å²) >= 11 is 0. The molecule has 0 saturated heterocycles. The molecule has 0 aliphatic heterocycles. The fourth-order valence-electron chi connectivity index (χ4n) is 0.824. The molecular formula is C9H21O12P. The predicted octanol–water partition coefficient (Wildman–Crippen LogP) is -4.93. The van der Waals surface area contributed by atoms with Crippen molar-refractivity contribution in [1.29, 1.82) is 0 Å². The fourth-order valence-corrected chi connectivity index (χ4v) is 1.17. The average molecular weight is 352 g/mol. The van der Waals surface area contributed by atoms with E-state index in [4.69, 9.17) is 45.5 Å². The van der Waals surface area contributed by atoms with Crippen molar-refractivity contribution in [1.82, 2.24) is 0 Å². The van der Waals surface area contributed by atoms with Crippen molar-refractivity contribution >= 4 is 13.6 Å². The van der Waals surface area contributed by atoms with E-state index in [-0.39, 0.29) is 13.2 Å². The first-order chi connectivity index (χ1) is 9.99. The van der Waals surface area contributed by atoms with E-state index >= 15 is 0 Å². The van der Waals surface area contributed by atoms with Crippen LogP contribution in [0.2, 0.25) is 0 Å². The van der Waals surface area contributed by atoms with E-state index in [9.17, 15) is 9.36 Å². The average Bonchev–Trinajstić information content (AvgIpc) is 2.49.